The lowest BCUT2D eigenvalue weighted by Gasteiger charge is -2.24. The molecule has 4 nitrogen and oxygen atoms in total. The van der Waals surface area contributed by atoms with Crippen LogP contribution in [-0.4, -0.2) is 48.2 Å². The van der Waals surface area contributed by atoms with Crippen molar-refractivity contribution in [3.63, 3.8) is 0 Å². The van der Waals surface area contributed by atoms with Gasteiger partial charge in [0.15, 0.2) is 0 Å². The van der Waals surface area contributed by atoms with Crippen molar-refractivity contribution in [3.8, 4) is 0 Å². The molecule has 2 N–H and O–H groups in total. The number of carbonyl (C=O) groups is 1. The van der Waals surface area contributed by atoms with Crippen LogP contribution >= 0.6 is 0 Å². The fourth-order valence-electron chi connectivity index (χ4n) is 1.18. The van der Waals surface area contributed by atoms with Crippen LogP contribution in [0.2, 0.25) is 0 Å². The Morgan fingerprint density at radius 3 is 2.53 bits per heavy atom. The lowest BCUT2D eigenvalue weighted by atomic mass is 10.2. The molecule has 15 heavy (non-hydrogen) atoms. The number of nitrogens with zero attached hydrogens (tertiary/aromatic N) is 1. The smallest absolute Gasteiger partial charge is 0.237 e. The first-order valence-electron chi connectivity index (χ1n) is 5.65. The van der Waals surface area contributed by atoms with E-state index in [1.807, 2.05) is 25.8 Å². The van der Waals surface area contributed by atoms with Crippen LogP contribution in [0.15, 0.2) is 0 Å². The molecule has 0 aliphatic rings. The van der Waals surface area contributed by atoms with E-state index in [2.05, 4.69) is 5.32 Å². The van der Waals surface area contributed by atoms with Crippen LogP contribution < -0.4 is 5.32 Å². The summed E-state index contributed by atoms with van der Waals surface area (Å²) in [6.45, 7) is 7.14. The molecule has 0 aliphatic carbocycles. The summed E-state index contributed by atoms with van der Waals surface area (Å²) >= 11 is 0. The second-order valence-corrected chi connectivity index (χ2v) is 4.09. The van der Waals surface area contributed by atoms with Gasteiger partial charge in [0, 0.05) is 13.1 Å². The van der Waals surface area contributed by atoms with E-state index >= 15 is 0 Å². The van der Waals surface area contributed by atoms with Gasteiger partial charge in [-0.05, 0) is 33.7 Å². The summed E-state index contributed by atoms with van der Waals surface area (Å²) in [6.07, 6.45) is 1.34. The van der Waals surface area contributed by atoms with Gasteiger partial charge in [-0.1, -0.05) is 6.92 Å². The monoisotopic (exact) mass is 216 g/mol. The molecule has 0 aliphatic heterocycles. The summed E-state index contributed by atoms with van der Waals surface area (Å²) < 4.78 is 0. The highest BCUT2D eigenvalue weighted by Crippen LogP contribution is 1.99. The van der Waals surface area contributed by atoms with Gasteiger partial charge in [0.2, 0.25) is 5.91 Å². The Morgan fingerprint density at radius 2 is 2.07 bits per heavy atom. The zero-order valence-electron chi connectivity index (χ0n) is 10.3. The summed E-state index contributed by atoms with van der Waals surface area (Å²) in [7, 11) is 1.90. The van der Waals surface area contributed by atoms with E-state index in [0.29, 0.717) is 6.42 Å². The Hall–Kier alpha value is -0.610. The predicted octanol–water partition coefficient (Wildman–Crippen LogP) is 0.604. The number of carbonyl (C=O) groups excluding carboxylic acids is 1. The lowest BCUT2D eigenvalue weighted by molar-refractivity contribution is -0.125. The maximum Gasteiger partial charge on any atom is 0.237 e. The van der Waals surface area contributed by atoms with Crippen molar-refractivity contribution in [1.29, 1.82) is 0 Å². The fourth-order valence-corrected chi connectivity index (χ4v) is 1.18. The SMILES string of the molecule is CCCNC(=O)C(C)N(C)CCC(C)O. The van der Waals surface area contributed by atoms with Crippen LogP contribution in [0.4, 0.5) is 0 Å². The van der Waals surface area contributed by atoms with Gasteiger partial charge in [-0.25, -0.2) is 0 Å². The normalized spacial score (nSPS) is 15.1. The van der Waals surface area contributed by atoms with Crippen LogP contribution in [0.5, 0.6) is 0 Å². The molecule has 0 heterocycles. The Morgan fingerprint density at radius 1 is 1.47 bits per heavy atom. The predicted molar refractivity (Wildman–Crippen MR) is 61.7 cm³/mol. The molecule has 0 saturated carbocycles. The van der Waals surface area contributed by atoms with Crippen molar-refractivity contribution in [3.05, 3.63) is 0 Å². The second kappa shape index (κ2) is 7.65. The van der Waals surface area contributed by atoms with Gasteiger partial charge in [-0.15, -0.1) is 0 Å². The molecular weight excluding hydrogens is 192 g/mol. The number of aliphatic hydroxyl groups excluding tert-OH is 1. The van der Waals surface area contributed by atoms with E-state index in [4.69, 9.17) is 5.11 Å². The topological polar surface area (TPSA) is 52.6 Å². The summed E-state index contributed by atoms with van der Waals surface area (Å²) in [5.41, 5.74) is 0. The Bertz CT molecular complexity index is 183. The van der Waals surface area contributed by atoms with Gasteiger partial charge < -0.3 is 10.4 Å². The third-order valence-corrected chi connectivity index (χ3v) is 2.49. The average Bonchev–Trinajstić information content (AvgIpc) is 2.21. The van der Waals surface area contributed by atoms with Crippen LogP contribution in [0.3, 0.4) is 0 Å². The van der Waals surface area contributed by atoms with Crippen molar-refractivity contribution >= 4 is 5.91 Å². The Balaban J connectivity index is 3.85. The molecule has 0 radical (unpaired) electrons. The van der Waals surface area contributed by atoms with Crippen LogP contribution in [0.1, 0.15) is 33.6 Å². The molecule has 1 amide bonds. The van der Waals surface area contributed by atoms with Gasteiger partial charge in [0.05, 0.1) is 12.1 Å². The Kier molecular flexibility index (Phi) is 7.34. The van der Waals surface area contributed by atoms with Crippen LogP contribution in [0, 0.1) is 0 Å². The molecular formula is C11H24N2O2. The number of hydrogen-bond acceptors (Lipinski definition) is 3. The van der Waals surface area contributed by atoms with Crippen molar-refractivity contribution in [2.24, 2.45) is 0 Å². The van der Waals surface area contributed by atoms with Crippen molar-refractivity contribution in [1.82, 2.24) is 10.2 Å². The van der Waals surface area contributed by atoms with Gasteiger partial charge in [0.1, 0.15) is 0 Å². The number of nitrogens with one attached hydrogen (secondary N) is 1. The van der Waals surface area contributed by atoms with Crippen molar-refractivity contribution in [2.75, 3.05) is 20.1 Å². The minimum atomic E-state index is -0.307. The minimum absolute atomic E-state index is 0.0601. The third kappa shape index (κ3) is 6.47. The Labute approximate surface area is 92.7 Å². The molecule has 0 spiro atoms. The molecule has 4 heteroatoms. The number of rotatable bonds is 7. The van der Waals surface area contributed by atoms with E-state index < -0.39 is 0 Å². The highest BCUT2D eigenvalue weighted by molar-refractivity contribution is 5.81. The minimum Gasteiger partial charge on any atom is -0.393 e. The van der Waals surface area contributed by atoms with E-state index in [1.54, 1.807) is 6.92 Å². The molecule has 2 atom stereocenters. The van der Waals surface area contributed by atoms with Crippen molar-refractivity contribution in [2.45, 2.75) is 45.8 Å². The summed E-state index contributed by atoms with van der Waals surface area (Å²) in [5.74, 6) is 0.0601. The van der Waals surface area contributed by atoms with E-state index in [-0.39, 0.29) is 18.1 Å². The van der Waals surface area contributed by atoms with Gasteiger partial charge in [-0.2, -0.15) is 0 Å². The summed E-state index contributed by atoms with van der Waals surface area (Å²) in [5, 5.41) is 12.0. The average molecular weight is 216 g/mol. The van der Waals surface area contributed by atoms with E-state index in [9.17, 15) is 4.79 Å². The van der Waals surface area contributed by atoms with E-state index in [1.165, 1.54) is 0 Å². The largest absolute Gasteiger partial charge is 0.393 e. The maximum atomic E-state index is 11.6. The van der Waals surface area contributed by atoms with Crippen LogP contribution in [0.25, 0.3) is 0 Å². The maximum absolute atomic E-state index is 11.6. The van der Waals surface area contributed by atoms with Gasteiger partial charge in [0.25, 0.3) is 0 Å². The fraction of sp³-hybridized carbons (Fsp3) is 0.909. The lowest BCUT2D eigenvalue weighted by Crippen LogP contribution is -2.44. The molecule has 0 saturated heterocycles. The number of hydrogen-bond donors (Lipinski definition) is 2. The molecule has 0 bridgehead atoms. The molecule has 90 valence electrons. The zero-order valence-corrected chi connectivity index (χ0v) is 10.3. The summed E-state index contributed by atoms with van der Waals surface area (Å²) in [4.78, 5) is 13.5. The first-order valence-corrected chi connectivity index (χ1v) is 5.65. The molecule has 2 unspecified atom stereocenters. The first kappa shape index (κ1) is 14.4. The van der Waals surface area contributed by atoms with Gasteiger partial charge in [-0.3, -0.25) is 9.69 Å². The second-order valence-electron chi connectivity index (χ2n) is 4.09. The number of aliphatic hydroxyl groups is 1. The quantitative estimate of drug-likeness (QED) is 0.655. The highest BCUT2D eigenvalue weighted by atomic mass is 16.3. The highest BCUT2D eigenvalue weighted by Gasteiger charge is 2.17. The molecule has 0 rings (SSSR count). The van der Waals surface area contributed by atoms with Gasteiger partial charge >= 0.3 is 0 Å². The standard InChI is InChI=1S/C11H24N2O2/c1-5-7-12-11(15)10(3)13(4)8-6-9(2)14/h9-10,14H,5-8H2,1-4H3,(H,12,15). The third-order valence-electron chi connectivity index (χ3n) is 2.49. The van der Waals surface area contributed by atoms with E-state index in [0.717, 1.165) is 19.5 Å². The number of amides is 1. The first-order chi connectivity index (χ1) is 6.99. The molecule has 0 aromatic rings. The zero-order chi connectivity index (χ0) is 11.8. The number of likely N-dealkylation sites (N-methyl/N-ethyl adjacent to an activating group) is 1. The molecule has 0 aromatic carbocycles. The van der Waals surface area contributed by atoms with Crippen LogP contribution in [-0.2, 0) is 4.79 Å². The molecule has 0 fully saturated rings. The summed E-state index contributed by atoms with van der Waals surface area (Å²) in [6, 6.07) is -0.129. The molecule has 0 aromatic heterocycles. The van der Waals surface area contributed by atoms with Crippen molar-refractivity contribution < 1.29 is 9.90 Å².